The molecule has 4 rings (SSSR count). The second-order valence-electron chi connectivity index (χ2n) is 5.67. The molecule has 0 saturated carbocycles. The van der Waals surface area contributed by atoms with E-state index in [9.17, 15) is 8.42 Å². The highest BCUT2D eigenvalue weighted by Gasteiger charge is 2.35. The van der Waals surface area contributed by atoms with Crippen LogP contribution in [0.5, 0.6) is 0 Å². The lowest BCUT2D eigenvalue weighted by atomic mass is 10.1. The number of hydrogen-bond donors (Lipinski definition) is 0. The Morgan fingerprint density at radius 2 is 2.22 bits per heavy atom. The molecule has 0 aromatic carbocycles. The van der Waals surface area contributed by atoms with Gasteiger partial charge in [-0.2, -0.15) is 4.31 Å². The molecule has 4 heterocycles. The first-order valence-electron chi connectivity index (χ1n) is 7.37. The van der Waals surface area contributed by atoms with Gasteiger partial charge in [-0.25, -0.2) is 13.4 Å². The quantitative estimate of drug-likeness (QED) is 0.728. The average Bonchev–Trinajstić information content (AvgIpc) is 3.28. The monoisotopic (exact) mass is 348 g/mol. The lowest BCUT2D eigenvalue weighted by molar-refractivity contribution is 0.472. The molecule has 0 unspecified atom stereocenters. The van der Waals surface area contributed by atoms with Crippen LogP contribution in [0.1, 0.15) is 18.2 Å². The zero-order valence-electron chi connectivity index (χ0n) is 12.6. The molecule has 6 nitrogen and oxygen atoms in total. The summed E-state index contributed by atoms with van der Waals surface area (Å²) in [5.41, 5.74) is 1.87. The van der Waals surface area contributed by atoms with E-state index in [-0.39, 0.29) is 5.92 Å². The summed E-state index contributed by atoms with van der Waals surface area (Å²) in [6.07, 6.45) is 4.30. The van der Waals surface area contributed by atoms with Gasteiger partial charge in [-0.05, 0) is 23.9 Å². The molecular weight excluding hydrogens is 332 g/mol. The molecular formula is C15H16N4O2S2. The first kappa shape index (κ1) is 14.8. The molecule has 3 aromatic heterocycles. The smallest absolute Gasteiger partial charge is 0.252 e. The Morgan fingerprint density at radius 1 is 1.35 bits per heavy atom. The number of thiophene rings is 1. The number of aromatic nitrogens is 3. The number of rotatable bonds is 3. The largest absolute Gasteiger partial charge is 0.330 e. The third kappa shape index (κ3) is 2.37. The van der Waals surface area contributed by atoms with Crippen molar-refractivity contribution in [3.8, 4) is 0 Å². The van der Waals surface area contributed by atoms with Crippen molar-refractivity contribution in [3.63, 3.8) is 0 Å². The molecule has 120 valence electrons. The number of sulfonamides is 1. The molecule has 0 amide bonds. The van der Waals surface area contributed by atoms with Gasteiger partial charge in [0.15, 0.2) is 0 Å². The van der Waals surface area contributed by atoms with Gasteiger partial charge in [0, 0.05) is 32.3 Å². The van der Waals surface area contributed by atoms with E-state index in [1.165, 1.54) is 11.3 Å². The van der Waals surface area contributed by atoms with E-state index in [0.717, 1.165) is 23.3 Å². The van der Waals surface area contributed by atoms with Crippen LogP contribution in [0, 0.1) is 0 Å². The number of pyridine rings is 1. The summed E-state index contributed by atoms with van der Waals surface area (Å²) >= 11 is 1.26. The van der Waals surface area contributed by atoms with E-state index in [0.29, 0.717) is 17.3 Å². The molecule has 23 heavy (non-hydrogen) atoms. The molecule has 1 atom stereocenters. The number of imidazole rings is 1. The van der Waals surface area contributed by atoms with Crippen molar-refractivity contribution in [2.75, 3.05) is 13.1 Å². The van der Waals surface area contributed by atoms with E-state index in [1.807, 2.05) is 17.7 Å². The van der Waals surface area contributed by atoms with Crippen molar-refractivity contribution in [2.24, 2.45) is 7.05 Å². The second-order valence-corrected chi connectivity index (χ2v) is 8.79. The molecule has 0 spiro atoms. The summed E-state index contributed by atoms with van der Waals surface area (Å²) < 4.78 is 29.3. The highest BCUT2D eigenvalue weighted by molar-refractivity contribution is 7.91. The molecule has 3 aromatic rings. The van der Waals surface area contributed by atoms with Gasteiger partial charge in [0.2, 0.25) is 0 Å². The fourth-order valence-corrected chi connectivity index (χ4v) is 5.76. The third-order valence-electron chi connectivity index (χ3n) is 4.32. The highest BCUT2D eigenvalue weighted by atomic mass is 32.2. The number of fused-ring (bicyclic) bond motifs is 1. The van der Waals surface area contributed by atoms with Gasteiger partial charge in [0.05, 0.1) is 17.2 Å². The van der Waals surface area contributed by atoms with Crippen LogP contribution in [0.25, 0.3) is 11.0 Å². The van der Waals surface area contributed by atoms with Gasteiger partial charge >= 0.3 is 0 Å². The van der Waals surface area contributed by atoms with Gasteiger partial charge in [-0.1, -0.05) is 6.07 Å². The molecule has 0 aliphatic carbocycles. The fraction of sp³-hybridized carbons (Fsp3) is 0.333. The van der Waals surface area contributed by atoms with Crippen LogP contribution in [0.15, 0.2) is 40.2 Å². The van der Waals surface area contributed by atoms with E-state index in [2.05, 4.69) is 9.97 Å². The van der Waals surface area contributed by atoms with Gasteiger partial charge < -0.3 is 4.57 Å². The van der Waals surface area contributed by atoms with Gasteiger partial charge in [0.25, 0.3) is 10.0 Å². The maximum Gasteiger partial charge on any atom is 0.252 e. The van der Waals surface area contributed by atoms with Crippen molar-refractivity contribution in [2.45, 2.75) is 16.5 Å². The predicted octanol–water partition coefficient (Wildman–Crippen LogP) is 2.21. The summed E-state index contributed by atoms with van der Waals surface area (Å²) in [4.78, 5) is 8.81. The zero-order valence-corrected chi connectivity index (χ0v) is 14.2. The van der Waals surface area contributed by atoms with Crippen molar-refractivity contribution in [3.05, 3.63) is 41.8 Å². The van der Waals surface area contributed by atoms with E-state index < -0.39 is 10.0 Å². The predicted molar refractivity (Wildman–Crippen MR) is 88.9 cm³/mol. The molecule has 0 N–H and O–H groups in total. The lowest BCUT2D eigenvalue weighted by Crippen LogP contribution is -2.28. The number of nitrogens with zero attached hydrogens (tertiary/aromatic N) is 4. The van der Waals surface area contributed by atoms with Crippen LogP contribution < -0.4 is 0 Å². The third-order valence-corrected chi connectivity index (χ3v) is 7.56. The molecule has 1 aliphatic heterocycles. The second kappa shape index (κ2) is 5.40. The lowest BCUT2D eigenvalue weighted by Gasteiger charge is -2.15. The maximum atomic E-state index is 12.6. The summed E-state index contributed by atoms with van der Waals surface area (Å²) in [6.45, 7) is 1.01. The summed E-state index contributed by atoms with van der Waals surface area (Å²) in [7, 11) is -1.42. The Morgan fingerprint density at radius 3 is 2.96 bits per heavy atom. The Labute approximate surface area is 138 Å². The van der Waals surface area contributed by atoms with Crippen LogP contribution >= 0.6 is 11.3 Å². The van der Waals surface area contributed by atoms with Crippen molar-refractivity contribution in [1.82, 2.24) is 18.8 Å². The average molecular weight is 348 g/mol. The van der Waals surface area contributed by atoms with Crippen LogP contribution in [-0.2, 0) is 17.1 Å². The molecule has 8 heteroatoms. The maximum absolute atomic E-state index is 12.6. The number of aryl methyl sites for hydroxylation is 1. The summed E-state index contributed by atoms with van der Waals surface area (Å²) in [5.74, 6) is 1.04. The van der Waals surface area contributed by atoms with Crippen molar-refractivity contribution < 1.29 is 8.42 Å². The normalized spacial score (nSPS) is 19.6. The van der Waals surface area contributed by atoms with Gasteiger partial charge in [-0.3, -0.25) is 4.98 Å². The van der Waals surface area contributed by atoms with Gasteiger partial charge in [-0.15, -0.1) is 11.3 Å². The minimum atomic E-state index is -3.38. The fourth-order valence-electron chi connectivity index (χ4n) is 3.11. The molecule has 0 radical (unpaired) electrons. The Hall–Kier alpha value is -1.77. The minimum Gasteiger partial charge on any atom is -0.330 e. The summed E-state index contributed by atoms with van der Waals surface area (Å²) in [6, 6.07) is 5.31. The van der Waals surface area contributed by atoms with Crippen LogP contribution in [0.2, 0.25) is 0 Å². The van der Waals surface area contributed by atoms with E-state index >= 15 is 0 Å². The highest BCUT2D eigenvalue weighted by Crippen LogP contribution is 2.32. The molecule has 0 bridgehead atoms. The van der Waals surface area contributed by atoms with E-state index in [4.69, 9.17) is 0 Å². The van der Waals surface area contributed by atoms with Crippen LogP contribution in [0.3, 0.4) is 0 Å². The van der Waals surface area contributed by atoms with Crippen molar-refractivity contribution >= 4 is 32.4 Å². The first-order valence-corrected chi connectivity index (χ1v) is 9.69. The zero-order chi connectivity index (χ0) is 16.0. The molecule has 1 aliphatic rings. The Kier molecular flexibility index (Phi) is 3.47. The standard InChI is InChI=1S/C15H16N4O2S2/c1-18-13-9-16-6-4-12(13)17-15(18)11-5-7-19(10-11)23(20,21)14-3-2-8-22-14/h2-4,6,8-9,11H,5,7,10H2,1H3/t11-/m0/s1. The van der Waals surface area contributed by atoms with E-state index in [1.54, 1.807) is 34.2 Å². The number of hydrogen-bond acceptors (Lipinski definition) is 5. The Balaban J connectivity index is 1.64. The van der Waals surface area contributed by atoms with Crippen molar-refractivity contribution in [1.29, 1.82) is 0 Å². The minimum absolute atomic E-state index is 0.113. The van der Waals surface area contributed by atoms with Crippen LogP contribution in [-0.4, -0.2) is 40.3 Å². The van der Waals surface area contributed by atoms with Crippen LogP contribution in [0.4, 0.5) is 0 Å². The first-order chi connectivity index (χ1) is 11.1. The SMILES string of the molecule is Cn1c([C@H]2CCN(S(=O)(=O)c3cccs3)C2)nc2ccncc21. The molecule has 1 fully saturated rings. The topological polar surface area (TPSA) is 68.1 Å². The Bertz CT molecular complexity index is 947. The van der Waals surface area contributed by atoms with Gasteiger partial charge in [0.1, 0.15) is 10.0 Å². The summed E-state index contributed by atoms with van der Waals surface area (Å²) in [5, 5.41) is 1.79. The molecule has 1 saturated heterocycles.